The van der Waals surface area contributed by atoms with Crippen LogP contribution in [0.2, 0.25) is 0 Å². The third kappa shape index (κ3) is 3.41. The Morgan fingerprint density at radius 3 is 1.52 bits per heavy atom. The number of hydrogen-bond donors (Lipinski definition) is 0. The van der Waals surface area contributed by atoms with Gasteiger partial charge in [0, 0.05) is 0 Å². The number of fused-ring (bicyclic) bond motifs is 2. The number of hydrogen-bond acceptors (Lipinski definition) is 0. The van der Waals surface area contributed by atoms with Gasteiger partial charge in [-0.05, 0) is 61.8 Å². The molecule has 0 spiro atoms. The zero-order chi connectivity index (χ0) is 26.6. The van der Waals surface area contributed by atoms with Crippen LogP contribution < -0.4 is 0 Å². The Morgan fingerprint density at radius 1 is 0.455 bits per heavy atom. The van der Waals surface area contributed by atoms with E-state index in [4.69, 9.17) is 6.85 Å². The van der Waals surface area contributed by atoms with Gasteiger partial charge in [0.15, 0.2) is 0 Å². The predicted molar refractivity (Wildman–Crippen MR) is 142 cm³/mol. The fourth-order valence-electron chi connectivity index (χ4n) is 4.75. The monoisotopic (exact) mass is 425 g/mol. The number of benzene rings is 6. The summed E-state index contributed by atoms with van der Waals surface area (Å²) >= 11 is 0. The van der Waals surface area contributed by atoms with Crippen LogP contribution in [0.5, 0.6) is 0 Å². The molecule has 0 saturated heterocycles. The van der Waals surface area contributed by atoms with Crippen LogP contribution in [-0.4, -0.2) is 0 Å². The van der Waals surface area contributed by atoms with Gasteiger partial charge >= 0.3 is 0 Å². The Bertz CT molecular complexity index is 1780. The van der Waals surface area contributed by atoms with Crippen molar-refractivity contribution in [3.63, 3.8) is 0 Å². The van der Waals surface area contributed by atoms with Crippen molar-refractivity contribution in [3.8, 4) is 33.4 Å². The highest BCUT2D eigenvalue weighted by atomic mass is 14.2. The van der Waals surface area contributed by atoms with Gasteiger partial charge in [-0.25, -0.2) is 0 Å². The van der Waals surface area contributed by atoms with E-state index in [9.17, 15) is 0 Å². The molecule has 0 unspecified atom stereocenters. The zero-order valence-electron chi connectivity index (χ0n) is 23.2. The van der Waals surface area contributed by atoms with Gasteiger partial charge in [-0.2, -0.15) is 0 Å². The smallest absolute Gasteiger partial charge is 0.0622 e. The molecule has 6 aromatic rings. The Kier molecular flexibility index (Phi) is 3.63. The minimum absolute atomic E-state index is 0.192. The Morgan fingerprint density at radius 2 is 0.970 bits per heavy atom. The van der Waals surface area contributed by atoms with Crippen LogP contribution in [0.25, 0.3) is 54.9 Å². The largest absolute Gasteiger partial charge is 0.0629 e. The van der Waals surface area contributed by atoms with E-state index in [2.05, 4.69) is 79.7 Å². The molecule has 0 fully saturated rings. The molecule has 0 N–H and O–H groups in total. The SMILES string of the molecule is [2H]c1c([2H])c([2H])c(-c2ccc(-c3c4ccccc4c(-c4cccc(C)c4)c4ccccc34)cc2)c([2H])c1[2H]. The summed E-state index contributed by atoms with van der Waals surface area (Å²) in [5.41, 5.74) is 6.52. The zero-order valence-corrected chi connectivity index (χ0v) is 18.2. The minimum Gasteiger partial charge on any atom is -0.0622 e. The molecule has 6 rings (SSSR count). The Balaban J connectivity index is 1.61. The summed E-state index contributed by atoms with van der Waals surface area (Å²) in [7, 11) is 0. The van der Waals surface area contributed by atoms with Crippen molar-refractivity contribution in [2.75, 3.05) is 0 Å². The maximum atomic E-state index is 8.35. The molecule has 6 aromatic carbocycles. The van der Waals surface area contributed by atoms with Gasteiger partial charge in [0.1, 0.15) is 0 Å². The highest BCUT2D eigenvalue weighted by Gasteiger charge is 2.16. The summed E-state index contributed by atoms with van der Waals surface area (Å²) in [5, 5.41) is 4.61. The average molecular weight is 426 g/mol. The molecule has 0 aliphatic heterocycles. The summed E-state index contributed by atoms with van der Waals surface area (Å²) in [6.45, 7) is 2.11. The van der Waals surface area contributed by atoms with E-state index in [0.29, 0.717) is 5.56 Å². The van der Waals surface area contributed by atoms with Gasteiger partial charge < -0.3 is 0 Å². The van der Waals surface area contributed by atoms with Crippen molar-refractivity contribution < 1.29 is 6.85 Å². The van der Waals surface area contributed by atoms with E-state index < -0.39 is 0 Å². The first-order valence-electron chi connectivity index (χ1n) is 13.5. The predicted octanol–water partition coefficient (Wildman–Crippen LogP) is 9.30. The quantitative estimate of drug-likeness (QED) is 0.248. The van der Waals surface area contributed by atoms with E-state index in [1.54, 1.807) is 0 Å². The van der Waals surface area contributed by atoms with Crippen molar-refractivity contribution in [2.24, 2.45) is 0 Å². The molecule has 0 bridgehead atoms. The lowest BCUT2D eigenvalue weighted by Crippen LogP contribution is -1.91. The summed E-state index contributed by atoms with van der Waals surface area (Å²) in [6.07, 6.45) is 0. The minimum atomic E-state index is -0.382. The summed E-state index contributed by atoms with van der Waals surface area (Å²) < 4.78 is 40.7. The third-order valence-corrected chi connectivity index (χ3v) is 6.20. The van der Waals surface area contributed by atoms with Gasteiger partial charge in [-0.3, -0.25) is 0 Å². The molecule has 0 heterocycles. The molecule has 0 saturated carbocycles. The third-order valence-electron chi connectivity index (χ3n) is 6.20. The highest BCUT2D eigenvalue weighted by molar-refractivity contribution is 6.21. The second-order valence-electron chi connectivity index (χ2n) is 8.29. The maximum Gasteiger partial charge on any atom is 0.0629 e. The fraction of sp³-hybridized carbons (Fsp3) is 0.0303. The van der Waals surface area contributed by atoms with Crippen molar-refractivity contribution in [1.29, 1.82) is 0 Å². The Labute approximate surface area is 201 Å². The van der Waals surface area contributed by atoms with Gasteiger partial charge in [-0.1, -0.05) is 133 Å². The van der Waals surface area contributed by atoms with Crippen molar-refractivity contribution in [2.45, 2.75) is 6.92 Å². The van der Waals surface area contributed by atoms with Gasteiger partial charge in [0.25, 0.3) is 0 Å². The lowest BCUT2D eigenvalue weighted by atomic mass is 9.85. The summed E-state index contributed by atoms with van der Waals surface area (Å²) in [6, 6.07) is 31.7. The van der Waals surface area contributed by atoms with Crippen LogP contribution in [-0.2, 0) is 0 Å². The maximum absolute atomic E-state index is 8.35. The van der Waals surface area contributed by atoms with Crippen molar-refractivity contribution >= 4 is 21.5 Å². The first-order valence-corrected chi connectivity index (χ1v) is 11.0. The van der Waals surface area contributed by atoms with Crippen molar-refractivity contribution in [3.05, 3.63) is 133 Å². The molecule has 33 heavy (non-hydrogen) atoms. The standard InChI is InChI=1S/C33H24/c1-23-10-9-13-27(22-23)33-30-16-7-5-14-28(30)32(29-15-6-8-17-31(29)33)26-20-18-25(19-21-26)24-11-3-2-4-12-24/h2-22H,1H3/i2D,3D,4D,11D,12D. The first kappa shape index (κ1) is 14.8. The molecule has 0 amide bonds. The van der Waals surface area contributed by atoms with Crippen LogP contribution in [0, 0.1) is 6.92 Å². The van der Waals surface area contributed by atoms with Crippen LogP contribution in [0.4, 0.5) is 0 Å². The Hall–Kier alpha value is -4.16. The second kappa shape index (κ2) is 8.07. The highest BCUT2D eigenvalue weighted by Crippen LogP contribution is 2.43. The normalized spacial score (nSPS) is 13.3. The van der Waals surface area contributed by atoms with E-state index in [-0.39, 0.29) is 35.8 Å². The first-order chi connectivity index (χ1) is 18.4. The van der Waals surface area contributed by atoms with Crippen LogP contribution in [0.3, 0.4) is 0 Å². The lowest BCUT2D eigenvalue weighted by molar-refractivity contribution is 1.47. The summed E-state index contributed by atoms with van der Waals surface area (Å²) in [5.74, 6) is 0. The molecular formula is C33H24. The van der Waals surface area contributed by atoms with Crippen LogP contribution in [0.1, 0.15) is 12.4 Å². The molecule has 0 heteroatoms. The van der Waals surface area contributed by atoms with Crippen molar-refractivity contribution in [1.82, 2.24) is 0 Å². The molecule has 0 aliphatic carbocycles. The van der Waals surface area contributed by atoms with Crippen LogP contribution >= 0.6 is 0 Å². The van der Waals surface area contributed by atoms with Gasteiger partial charge in [-0.15, -0.1) is 0 Å². The molecule has 0 aromatic heterocycles. The van der Waals surface area contributed by atoms with E-state index >= 15 is 0 Å². The molecule has 0 aliphatic rings. The van der Waals surface area contributed by atoms with Gasteiger partial charge in [0.05, 0.1) is 6.85 Å². The number of rotatable bonds is 3. The molecule has 0 radical (unpaired) electrons. The van der Waals surface area contributed by atoms with E-state index in [0.717, 1.165) is 21.9 Å². The van der Waals surface area contributed by atoms with E-state index in [1.165, 1.54) is 27.5 Å². The average Bonchev–Trinajstić information content (AvgIpc) is 2.94. The molecule has 0 nitrogen and oxygen atoms in total. The van der Waals surface area contributed by atoms with Gasteiger partial charge in [0.2, 0.25) is 0 Å². The molecule has 156 valence electrons. The fourth-order valence-corrected chi connectivity index (χ4v) is 4.75. The topological polar surface area (TPSA) is 0 Å². The number of aryl methyl sites for hydroxylation is 1. The lowest BCUT2D eigenvalue weighted by Gasteiger charge is -2.18. The second-order valence-corrected chi connectivity index (χ2v) is 8.29. The van der Waals surface area contributed by atoms with Crippen LogP contribution in [0.15, 0.2) is 127 Å². The molecular weight excluding hydrogens is 396 g/mol. The van der Waals surface area contributed by atoms with E-state index in [1.807, 2.05) is 24.3 Å². The molecule has 0 atom stereocenters. The summed E-state index contributed by atoms with van der Waals surface area (Å²) in [4.78, 5) is 0.